The number of amides is 1. The van der Waals surface area contributed by atoms with Gasteiger partial charge in [0.05, 0.1) is 11.1 Å². The van der Waals surface area contributed by atoms with E-state index < -0.39 is 5.54 Å². The zero-order valence-corrected chi connectivity index (χ0v) is 11.1. The van der Waals surface area contributed by atoms with Gasteiger partial charge in [-0.15, -0.1) is 0 Å². The van der Waals surface area contributed by atoms with Crippen LogP contribution in [0.1, 0.15) is 46.5 Å². The van der Waals surface area contributed by atoms with E-state index in [-0.39, 0.29) is 17.6 Å². The van der Waals surface area contributed by atoms with Gasteiger partial charge in [-0.2, -0.15) is 0 Å². The lowest BCUT2D eigenvalue weighted by Gasteiger charge is -2.37. The summed E-state index contributed by atoms with van der Waals surface area (Å²) >= 11 is 0. The summed E-state index contributed by atoms with van der Waals surface area (Å²) in [4.78, 5) is 12.1. The van der Waals surface area contributed by atoms with Crippen LogP contribution < -0.4 is 11.1 Å². The number of hydrogen-bond donors (Lipinski definition) is 2. The van der Waals surface area contributed by atoms with Gasteiger partial charge < -0.3 is 15.8 Å². The molecule has 0 bridgehead atoms. The fourth-order valence-corrected chi connectivity index (χ4v) is 2.56. The molecule has 4 heteroatoms. The zero-order valence-electron chi connectivity index (χ0n) is 11.1. The van der Waals surface area contributed by atoms with E-state index >= 15 is 0 Å². The molecular formula is C13H24N2O2. The Morgan fingerprint density at radius 2 is 2.06 bits per heavy atom. The third-order valence-electron chi connectivity index (χ3n) is 3.95. The van der Waals surface area contributed by atoms with Gasteiger partial charge in [-0.1, -0.05) is 0 Å². The highest BCUT2D eigenvalue weighted by molar-refractivity contribution is 5.86. The number of nitrogens with two attached hydrogens (primary N) is 1. The van der Waals surface area contributed by atoms with E-state index in [2.05, 4.69) is 19.2 Å². The van der Waals surface area contributed by atoms with Gasteiger partial charge in [0, 0.05) is 12.6 Å². The van der Waals surface area contributed by atoms with E-state index in [0.717, 1.165) is 25.7 Å². The van der Waals surface area contributed by atoms with E-state index in [9.17, 15) is 4.79 Å². The molecule has 1 aliphatic carbocycles. The van der Waals surface area contributed by atoms with Gasteiger partial charge in [0.1, 0.15) is 0 Å². The first-order valence-electron chi connectivity index (χ1n) is 6.55. The monoisotopic (exact) mass is 240 g/mol. The van der Waals surface area contributed by atoms with E-state index in [4.69, 9.17) is 10.5 Å². The van der Waals surface area contributed by atoms with Crippen LogP contribution in [-0.4, -0.2) is 29.7 Å². The molecular weight excluding hydrogens is 216 g/mol. The fraction of sp³-hybridized carbons (Fsp3) is 0.923. The summed E-state index contributed by atoms with van der Waals surface area (Å²) in [6.07, 6.45) is 3.91. The van der Waals surface area contributed by atoms with Crippen molar-refractivity contribution < 1.29 is 9.53 Å². The van der Waals surface area contributed by atoms with Crippen molar-refractivity contribution in [3.05, 3.63) is 0 Å². The number of hydrogen-bond acceptors (Lipinski definition) is 3. The first-order valence-corrected chi connectivity index (χ1v) is 6.55. The van der Waals surface area contributed by atoms with Crippen LogP contribution in [-0.2, 0) is 9.53 Å². The highest BCUT2D eigenvalue weighted by Gasteiger charge is 2.45. The second kappa shape index (κ2) is 4.25. The van der Waals surface area contributed by atoms with Gasteiger partial charge in [0.2, 0.25) is 5.91 Å². The summed E-state index contributed by atoms with van der Waals surface area (Å²) in [5.41, 5.74) is 5.28. The third kappa shape index (κ3) is 2.99. The molecule has 0 aromatic rings. The summed E-state index contributed by atoms with van der Waals surface area (Å²) in [6.45, 7) is 6.69. The SMILES string of the molecule is CC1(C)CC(NC(=O)C(C)(N)C2CC2)CCO1. The van der Waals surface area contributed by atoms with Crippen molar-refractivity contribution in [1.29, 1.82) is 0 Å². The van der Waals surface area contributed by atoms with Crippen molar-refractivity contribution in [3.8, 4) is 0 Å². The molecule has 1 saturated heterocycles. The first kappa shape index (κ1) is 12.8. The molecule has 2 unspecified atom stereocenters. The number of carbonyl (C=O) groups excluding carboxylic acids is 1. The van der Waals surface area contributed by atoms with E-state index in [1.54, 1.807) is 0 Å². The van der Waals surface area contributed by atoms with Crippen molar-refractivity contribution in [2.75, 3.05) is 6.61 Å². The minimum Gasteiger partial charge on any atom is -0.375 e. The van der Waals surface area contributed by atoms with Crippen LogP contribution in [0, 0.1) is 5.92 Å². The Labute approximate surface area is 103 Å². The lowest BCUT2D eigenvalue weighted by atomic mass is 9.91. The summed E-state index contributed by atoms with van der Waals surface area (Å²) in [7, 11) is 0. The Morgan fingerprint density at radius 3 is 2.59 bits per heavy atom. The van der Waals surface area contributed by atoms with E-state index in [0.29, 0.717) is 12.5 Å². The number of nitrogens with one attached hydrogen (secondary N) is 1. The van der Waals surface area contributed by atoms with Gasteiger partial charge in [0.15, 0.2) is 0 Å². The second-order valence-electron chi connectivity index (χ2n) is 6.33. The predicted octanol–water partition coefficient (Wildman–Crippen LogP) is 1.19. The maximum atomic E-state index is 12.1. The predicted molar refractivity (Wildman–Crippen MR) is 66.5 cm³/mol. The quantitative estimate of drug-likeness (QED) is 0.779. The molecule has 1 saturated carbocycles. The highest BCUT2D eigenvalue weighted by atomic mass is 16.5. The molecule has 1 amide bonds. The second-order valence-corrected chi connectivity index (χ2v) is 6.33. The Kier molecular flexibility index (Phi) is 3.21. The highest BCUT2D eigenvalue weighted by Crippen LogP contribution is 2.38. The average Bonchev–Trinajstić information content (AvgIpc) is 2.98. The summed E-state index contributed by atoms with van der Waals surface area (Å²) in [5, 5.41) is 3.09. The van der Waals surface area contributed by atoms with Crippen LogP contribution in [0.5, 0.6) is 0 Å². The molecule has 0 aromatic carbocycles. The maximum Gasteiger partial charge on any atom is 0.240 e. The van der Waals surface area contributed by atoms with Crippen molar-refractivity contribution in [2.24, 2.45) is 11.7 Å². The van der Waals surface area contributed by atoms with Crippen molar-refractivity contribution >= 4 is 5.91 Å². The number of rotatable bonds is 3. The normalized spacial score (nSPS) is 31.6. The molecule has 0 radical (unpaired) electrons. The molecule has 1 aliphatic heterocycles. The van der Waals surface area contributed by atoms with Crippen molar-refractivity contribution in [1.82, 2.24) is 5.32 Å². The Balaban J connectivity index is 1.90. The van der Waals surface area contributed by atoms with Crippen LogP contribution in [0.25, 0.3) is 0 Å². The third-order valence-corrected chi connectivity index (χ3v) is 3.95. The summed E-state index contributed by atoms with van der Waals surface area (Å²) < 4.78 is 5.64. The van der Waals surface area contributed by atoms with Crippen LogP contribution in [0.4, 0.5) is 0 Å². The molecule has 0 aromatic heterocycles. The Morgan fingerprint density at radius 1 is 1.41 bits per heavy atom. The Hall–Kier alpha value is -0.610. The lowest BCUT2D eigenvalue weighted by Crippen LogP contribution is -2.57. The minimum absolute atomic E-state index is 0.00250. The summed E-state index contributed by atoms with van der Waals surface area (Å²) in [5.74, 6) is 0.373. The topological polar surface area (TPSA) is 64.4 Å². The molecule has 2 aliphatic rings. The van der Waals surface area contributed by atoms with Crippen LogP contribution in [0.15, 0.2) is 0 Å². The molecule has 2 atom stereocenters. The van der Waals surface area contributed by atoms with Gasteiger partial charge in [0.25, 0.3) is 0 Å². The molecule has 98 valence electrons. The molecule has 17 heavy (non-hydrogen) atoms. The van der Waals surface area contributed by atoms with Crippen LogP contribution in [0.3, 0.4) is 0 Å². The average molecular weight is 240 g/mol. The van der Waals surface area contributed by atoms with E-state index in [1.807, 2.05) is 6.92 Å². The number of carbonyl (C=O) groups is 1. The van der Waals surface area contributed by atoms with E-state index in [1.165, 1.54) is 0 Å². The fourth-order valence-electron chi connectivity index (χ4n) is 2.56. The van der Waals surface area contributed by atoms with Crippen molar-refractivity contribution in [2.45, 2.75) is 63.6 Å². The van der Waals surface area contributed by atoms with Crippen LogP contribution >= 0.6 is 0 Å². The minimum atomic E-state index is -0.692. The zero-order chi connectivity index (χ0) is 12.7. The largest absolute Gasteiger partial charge is 0.375 e. The molecule has 3 N–H and O–H groups in total. The van der Waals surface area contributed by atoms with Crippen LogP contribution in [0.2, 0.25) is 0 Å². The van der Waals surface area contributed by atoms with Gasteiger partial charge in [-0.3, -0.25) is 4.79 Å². The molecule has 1 heterocycles. The molecule has 0 spiro atoms. The van der Waals surface area contributed by atoms with Gasteiger partial charge in [-0.25, -0.2) is 0 Å². The molecule has 2 rings (SSSR count). The van der Waals surface area contributed by atoms with Gasteiger partial charge in [-0.05, 0) is 52.4 Å². The lowest BCUT2D eigenvalue weighted by molar-refractivity contribution is -0.129. The molecule has 2 fully saturated rings. The Bertz CT molecular complexity index is 309. The summed E-state index contributed by atoms with van der Waals surface area (Å²) in [6, 6.07) is 0.202. The van der Waals surface area contributed by atoms with Crippen molar-refractivity contribution in [3.63, 3.8) is 0 Å². The first-order chi connectivity index (χ1) is 7.81. The maximum absolute atomic E-state index is 12.1. The smallest absolute Gasteiger partial charge is 0.240 e. The molecule has 4 nitrogen and oxygen atoms in total. The number of ether oxygens (including phenoxy) is 1. The standard InChI is InChI=1S/C13H24N2O2/c1-12(2)8-10(6-7-17-12)15-11(16)13(3,14)9-4-5-9/h9-10H,4-8,14H2,1-3H3,(H,15,16). The van der Waals surface area contributed by atoms with Gasteiger partial charge >= 0.3 is 0 Å².